The van der Waals surface area contributed by atoms with Crippen LogP contribution in [-0.4, -0.2) is 22.0 Å². The molecule has 1 amide bonds. The van der Waals surface area contributed by atoms with Gasteiger partial charge in [0.2, 0.25) is 5.91 Å². The van der Waals surface area contributed by atoms with Crippen LogP contribution in [0.1, 0.15) is 28.5 Å². The number of phenolic OH excluding ortho intramolecular Hbond substituents is 1. The molecule has 1 N–H and O–H groups in total. The van der Waals surface area contributed by atoms with E-state index in [0.29, 0.717) is 15.8 Å². The number of esters is 1. The normalized spacial score (nSPS) is 10.5. The van der Waals surface area contributed by atoms with Crippen molar-refractivity contribution in [1.29, 1.82) is 0 Å². The van der Waals surface area contributed by atoms with Gasteiger partial charge in [-0.15, -0.1) is 11.3 Å². The van der Waals surface area contributed by atoms with Crippen LogP contribution >= 0.6 is 22.9 Å². The van der Waals surface area contributed by atoms with Crippen molar-refractivity contribution in [3.8, 4) is 5.75 Å². The van der Waals surface area contributed by atoms with Gasteiger partial charge in [-0.3, -0.25) is 9.69 Å². The molecule has 28 heavy (non-hydrogen) atoms. The van der Waals surface area contributed by atoms with Crippen LogP contribution in [0.15, 0.2) is 47.8 Å². The highest BCUT2D eigenvalue weighted by Crippen LogP contribution is 2.30. The highest BCUT2D eigenvalue weighted by atomic mass is 35.5. The minimum atomic E-state index is -0.689. The van der Waals surface area contributed by atoms with Gasteiger partial charge in [0.05, 0.1) is 11.4 Å². The Balaban J connectivity index is 1.74. The van der Waals surface area contributed by atoms with E-state index < -0.39 is 5.97 Å². The van der Waals surface area contributed by atoms with E-state index in [1.54, 1.807) is 5.38 Å². The van der Waals surface area contributed by atoms with Crippen molar-refractivity contribution in [2.24, 2.45) is 0 Å². The summed E-state index contributed by atoms with van der Waals surface area (Å²) in [7, 11) is 0. The molecule has 1 aromatic heterocycles. The number of aromatic nitrogens is 1. The molecule has 0 saturated heterocycles. The van der Waals surface area contributed by atoms with Gasteiger partial charge in [-0.05, 0) is 42.8 Å². The Morgan fingerprint density at radius 3 is 2.71 bits per heavy atom. The van der Waals surface area contributed by atoms with Gasteiger partial charge in [0.15, 0.2) is 5.13 Å². The van der Waals surface area contributed by atoms with E-state index >= 15 is 0 Å². The van der Waals surface area contributed by atoms with Gasteiger partial charge < -0.3 is 9.84 Å². The Labute approximate surface area is 171 Å². The first-order valence-corrected chi connectivity index (χ1v) is 9.58. The zero-order chi connectivity index (χ0) is 20.3. The van der Waals surface area contributed by atoms with Gasteiger partial charge in [-0.25, -0.2) is 9.78 Å². The van der Waals surface area contributed by atoms with E-state index in [9.17, 15) is 14.7 Å². The number of hydrogen-bond donors (Lipinski definition) is 1. The molecule has 3 aromatic rings. The van der Waals surface area contributed by atoms with Crippen molar-refractivity contribution in [2.45, 2.75) is 20.5 Å². The fraction of sp³-hybridized carbons (Fsp3) is 0.150. The fourth-order valence-corrected chi connectivity index (χ4v) is 3.59. The van der Waals surface area contributed by atoms with Crippen molar-refractivity contribution in [3.63, 3.8) is 0 Å². The molecule has 0 aliphatic carbocycles. The maximum atomic E-state index is 12.2. The summed E-state index contributed by atoms with van der Waals surface area (Å²) in [4.78, 5) is 30.2. The zero-order valence-corrected chi connectivity index (χ0v) is 16.8. The van der Waals surface area contributed by atoms with Crippen LogP contribution in [0.5, 0.6) is 5.75 Å². The lowest BCUT2D eigenvalue weighted by Gasteiger charge is -2.18. The predicted molar refractivity (Wildman–Crippen MR) is 108 cm³/mol. The molecule has 8 heteroatoms. The second-order valence-corrected chi connectivity index (χ2v) is 7.33. The zero-order valence-electron chi connectivity index (χ0n) is 15.2. The Morgan fingerprint density at radius 2 is 2.04 bits per heavy atom. The first-order chi connectivity index (χ1) is 13.3. The number of aryl methyl sites for hydroxylation is 1. The van der Waals surface area contributed by atoms with E-state index in [1.807, 2.05) is 31.2 Å². The molecule has 0 atom stereocenters. The standard InChI is InChI=1S/C20H17ClN2O4S/c1-12-4-3-5-16(8-12)23(13(2)24)20-22-15(11-28-20)10-27-19(26)17-7-6-14(21)9-18(17)25/h3-9,11,25H,10H2,1-2H3. The van der Waals surface area contributed by atoms with E-state index in [-0.39, 0.29) is 23.8 Å². The highest BCUT2D eigenvalue weighted by molar-refractivity contribution is 7.14. The van der Waals surface area contributed by atoms with E-state index in [1.165, 1.54) is 41.4 Å². The maximum absolute atomic E-state index is 12.2. The molecule has 1 heterocycles. The third-order valence-electron chi connectivity index (χ3n) is 3.84. The molecule has 0 fully saturated rings. The maximum Gasteiger partial charge on any atom is 0.342 e. The second-order valence-electron chi connectivity index (χ2n) is 6.05. The smallest absolute Gasteiger partial charge is 0.342 e. The van der Waals surface area contributed by atoms with Crippen LogP contribution in [0.25, 0.3) is 0 Å². The van der Waals surface area contributed by atoms with Crippen LogP contribution in [-0.2, 0) is 16.1 Å². The summed E-state index contributed by atoms with van der Waals surface area (Å²) in [5.74, 6) is -1.11. The molecule has 0 bridgehead atoms. The van der Waals surface area contributed by atoms with E-state index in [0.717, 1.165) is 11.3 Å². The molecule has 0 saturated carbocycles. The van der Waals surface area contributed by atoms with Gasteiger partial charge in [-0.1, -0.05) is 23.7 Å². The fourth-order valence-electron chi connectivity index (χ4n) is 2.55. The third kappa shape index (κ3) is 4.49. The van der Waals surface area contributed by atoms with E-state index in [2.05, 4.69) is 4.98 Å². The van der Waals surface area contributed by atoms with Crippen molar-refractivity contribution in [1.82, 2.24) is 4.98 Å². The summed E-state index contributed by atoms with van der Waals surface area (Å²) in [6.45, 7) is 3.32. The molecule has 0 spiro atoms. The summed E-state index contributed by atoms with van der Waals surface area (Å²) in [6, 6.07) is 11.7. The number of phenols is 1. The van der Waals surface area contributed by atoms with Gasteiger partial charge in [0.25, 0.3) is 0 Å². The number of anilines is 2. The summed E-state index contributed by atoms with van der Waals surface area (Å²) in [6.07, 6.45) is 0. The third-order valence-corrected chi connectivity index (χ3v) is 4.95. The Morgan fingerprint density at radius 1 is 1.25 bits per heavy atom. The quantitative estimate of drug-likeness (QED) is 0.601. The van der Waals surface area contributed by atoms with Crippen LogP contribution in [0.4, 0.5) is 10.8 Å². The van der Waals surface area contributed by atoms with Gasteiger partial charge in [0.1, 0.15) is 17.9 Å². The summed E-state index contributed by atoms with van der Waals surface area (Å²) >= 11 is 7.03. The number of carbonyl (C=O) groups excluding carboxylic acids is 2. The number of ether oxygens (including phenoxy) is 1. The first-order valence-electron chi connectivity index (χ1n) is 8.32. The largest absolute Gasteiger partial charge is 0.507 e. The molecular weight excluding hydrogens is 400 g/mol. The molecule has 3 rings (SSSR count). The lowest BCUT2D eigenvalue weighted by molar-refractivity contribution is -0.115. The summed E-state index contributed by atoms with van der Waals surface area (Å²) in [5, 5.41) is 12.3. The monoisotopic (exact) mass is 416 g/mol. The molecule has 0 radical (unpaired) electrons. The lowest BCUT2D eigenvalue weighted by atomic mass is 10.2. The number of rotatable bonds is 5. The van der Waals surface area contributed by atoms with Gasteiger partial charge in [0, 0.05) is 17.3 Å². The second kappa shape index (κ2) is 8.41. The number of aromatic hydroxyl groups is 1. The Kier molecular flexibility index (Phi) is 5.96. The Hall–Kier alpha value is -2.90. The summed E-state index contributed by atoms with van der Waals surface area (Å²) < 4.78 is 5.21. The van der Waals surface area contributed by atoms with Crippen LogP contribution in [0, 0.1) is 6.92 Å². The number of thiazole rings is 1. The topological polar surface area (TPSA) is 79.7 Å². The number of nitrogens with zero attached hydrogens (tertiary/aromatic N) is 2. The average molecular weight is 417 g/mol. The molecule has 144 valence electrons. The van der Waals surface area contributed by atoms with Gasteiger partial charge in [-0.2, -0.15) is 0 Å². The van der Waals surface area contributed by atoms with Crippen molar-refractivity contribution in [3.05, 3.63) is 69.7 Å². The predicted octanol–water partition coefficient (Wildman–Crippen LogP) is 4.85. The lowest BCUT2D eigenvalue weighted by Crippen LogP contribution is -2.22. The van der Waals surface area contributed by atoms with E-state index in [4.69, 9.17) is 16.3 Å². The Bertz CT molecular complexity index is 1030. The number of benzene rings is 2. The van der Waals surface area contributed by atoms with Crippen LogP contribution < -0.4 is 4.90 Å². The SMILES string of the molecule is CC(=O)N(c1cccc(C)c1)c1nc(COC(=O)c2ccc(Cl)cc2O)cs1. The molecule has 6 nitrogen and oxygen atoms in total. The number of halogens is 1. The average Bonchev–Trinajstić information content (AvgIpc) is 3.08. The minimum Gasteiger partial charge on any atom is -0.507 e. The molecule has 0 unspecified atom stereocenters. The number of amides is 1. The minimum absolute atomic E-state index is 0.0185. The number of hydrogen-bond acceptors (Lipinski definition) is 6. The molecular formula is C20H17ClN2O4S. The van der Waals surface area contributed by atoms with Crippen LogP contribution in [0.2, 0.25) is 5.02 Å². The van der Waals surface area contributed by atoms with Crippen molar-refractivity contribution >= 4 is 45.6 Å². The molecule has 0 aliphatic rings. The molecule has 2 aromatic carbocycles. The number of carbonyl (C=O) groups is 2. The van der Waals surface area contributed by atoms with Crippen molar-refractivity contribution < 1.29 is 19.4 Å². The molecule has 0 aliphatic heterocycles. The van der Waals surface area contributed by atoms with Gasteiger partial charge >= 0.3 is 5.97 Å². The highest BCUT2D eigenvalue weighted by Gasteiger charge is 2.19. The first kappa shape index (κ1) is 19.9. The van der Waals surface area contributed by atoms with Crippen molar-refractivity contribution in [2.75, 3.05) is 4.90 Å². The summed E-state index contributed by atoms with van der Waals surface area (Å²) in [5.41, 5.74) is 2.26. The van der Waals surface area contributed by atoms with Crippen LogP contribution in [0.3, 0.4) is 0 Å².